The van der Waals surface area contributed by atoms with Crippen LogP contribution < -0.4 is 5.32 Å². The van der Waals surface area contributed by atoms with Gasteiger partial charge in [0.15, 0.2) is 0 Å². The van der Waals surface area contributed by atoms with Crippen LogP contribution in [0.4, 0.5) is 0 Å². The van der Waals surface area contributed by atoms with Crippen molar-refractivity contribution in [2.24, 2.45) is 0 Å². The first kappa shape index (κ1) is 24.6. The number of carboxylic acid groups (broad SMARTS) is 1. The molecule has 2 atom stereocenters. The second-order valence-electron chi connectivity index (χ2n) is 9.05. The Hall–Kier alpha value is -2.99. The fourth-order valence-corrected chi connectivity index (χ4v) is 3.91. The van der Waals surface area contributed by atoms with E-state index in [9.17, 15) is 9.90 Å². The van der Waals surface area contributed by atoms with Gasteiger partial charge in [0.25, 0.3) is 0 Å². The van der Waals surface area contributed by atoms with Crippen molar-refractivity contribution >= 4 is 22.8 Å². The van der Waals surface area contributed by atoms with Gasteiger partial charge in [-0.1, -0.05) is 66.7 Å². The van der Waals surface area contributed by atoms with Crippen LogP contribution in [0.3, 0.4) is 0 Å². The molecule has 33 heavy (non-hydrogen) atoms. The van der Waals surface area contributed by atoms with E-state index in [1.54, 1.807) is 6.08 Å². The number of nitrogens with one attached hydrogen (secondary N) is 1. The fraction of sp³-hybridized carbons (Fsp3) is 0.321. The number of aliphatic hydroxyl groups is 1. The molecule has 0 spiro atoms. The summed E-state index contributed by atoms with van der Waals surface area (Å²) in [5, 5.41) is 25.3. The number of β-amino-alcohol motifs (C(OH)–C–C–N with tert-alkyl or cyclic N) is 1. The van der Waals surface area contributed by atoms with Gasteiger partial charge in [0.2, 0.25) is 0 Å². The summed E-state index contributed by atoms with van der Waals surface area (Å²) >= 11 is 0. The Kier molecular flexibility index (Phi) is 8.39. The highest BCUT2D eigenvalue weighted by Gasteiger charge is 2.20. The molecule has 3 rings (SSSR count). The van der Waals surface area contributed by atoms with Crippen molar-refractivity contribution in [3.63, 3.8) is 0 Å². The van der Waals surface area contributed by atoms with Crippen molar-refractivity contribution in [3.8, 4) is 0 Å². The van der Waals surface area contributed by atoms with Crippen molar-refractivity contribution in [2.45, 2.75) is 44.9 Å². The molecule has 3 N–H and O–H groups in total. The number of aliphatic carboxylic acids is 1. The lowest BCUT2D eigenvalue weighted by molar-refractivity contribution is -0.131. The van der Waals surface area contributed by atoms with E-state index in [4.69, 9.17) is 9.84 Å². The van der Waals surface area contributed by atoms with Gasteiger partial charge in [-0.2, -0.15) is 0 Å². The standard InChI is InChI=1S/C28H33NO4/c1-20(26-11-7-6-9-23(26)14-15-27(31)32)33-19-25(30)18-29-28(2,3)17-21-12-13-22-8-4-5-10-24(22)16-21/h4-16,20,25,29-30H,17-19H2,1-3H3,(H,31,32)/t20-,25-/m1/s1. The van der Waals surface area contributed by atoms with E-state index in [1.807, 2.05) is 43.3 Å². The number of ether oxygens (including phenoxy) is 1. The number of aliphatic hydroxyl groups excluding tert-OH is 1. The number of rotatable bonds is 11. The molecule has 0 amide bonds. The summed E-state index contributed by atoms with van der Waals surface area (Å²) in [6, 6.07) is 22.3. The lowest BCUT2D eigenvalue weighted by Gasteiger charge is -2.28. The molecule has 3 aromatic rings. The van der Waals surface area contributed by atoms with Gasteiger partial charge in [-0.25, -0.2) is 4.79 Å². The van der Waals surface area contributed by atoms with E-state index in [-0.39, 0.29) is 18.2 Å². The summed E-state index contributed by atoms with van der Waals surface area (Å²) in [7, 11) is 0. The minimum Gasteiger partial charge on any atom is -0.478 e. The van der Waals surface area contributed by atoms with Crippen LogP contribution in [0, 0.1) is 0 Å². The van der Waals surface area contributed by atoms with Crippen LogP contribution in [0.5, 0.6) is 0 Å². The van der Waals surface area contributed by atoms with E-state index < -0.39 is 12.1 Å². The average molecular weight is 448 g/mol. The first-order chi connectivity index (χ1) is 15.7. The Bertz CT molecular complexity index is 1110. The second kappa shape index (κ2) is 11.2. The van der Waals surface area contributed by atoms with Gasteiger partial charge in [-0.15, -0.1) is 0 Å². The molecule has 0 saturated heterocycles. The maximum Gasteiger partial charge on any atom is 0.328 e. The van der Waals surface area contributed by atoms with Crippen LogP contribution in [0.1, 0.15) is 43.6 Å². The third kappa shape index (κ3) is 7.53. The summed E-state index contributed by atoms with van der Waals surface area (Å²) in [5.74, 6) is -0.994. The van der Waals surface area contributed by atoms with E-state index in [0.29, 0.717) is 6.54 Å². The van der Waals surface area contributed by atoms with Gasteiger partial charge in [-0.3, -0.25) is 0 Å². The molecular weight excluding hydrogens is 414 g/mol. The molecule has 0 fully saturated rings. The van der Waals surface area contributed by atoms with Gasteiger partial charge in [-0.05, 0) is 60.7 Å². The largest absolute Gasteiger partial charge is 0.478 e. The van der Waals surface area contributed by atoms with Crippen LogP contribution in [0.15, 0.2) is 72.8 Å². The molecule has 0 aliphatic heterocycles. The number of hydrogen-bond acceptors (Lipinski definition) is 4. The molecule has 0 aromatic heterocycles. The van der Waals surface area contributed by atoms with Gasteiger partial charge < -0.3 is 20.3 Å². The number of carboxylic acids is 1. The second-order valence-corrected chi connectivity index (χ2v) is 9.05. The summed E-state index contributed by atoms with van der Waals surface area (Å²) < 4.78 is 5.90. The van der Waals surface area contributed by atoms with Crippen molar-refractivity contribution in [1.82, 2.24) is 5.32 Å². The van der Waals surface area contributed by atoms with Gasteiger partial charge in [0.05, 0.1) is 18.8 Å². The first-order valence-electron chi connectivity index (χ1n) is 11.3. The van der Waals surface area contributed by atoms with Crippen molar-refractivity contribution < 1.29 is 19.7 Å². The molecule has 3 aromatic carbocycles. The van der Waals surface area contributed by atoms with Gasteiger partial charge in [0.1, 0.15) is 0 Å². The topological polar surface area (TPSA) is 78.8 Å². The van der Waals surface area contributed by atoms with Crippen LogP contribution in [-0.2, 0) is 16.0 Å². The molecular formula is C28H33NO4. The first-order valence-corrected chi connectivity index (χ1v) is 11.3. The predicted octanol–water partition coefficient (Wildman–Crippen LogP) is 4.99. The zero-order valence-electron chi connectivity index (χ0n) is 19.5. The molecule has 0 unspecified atom stereocenters. The van der Waals surface area contributed by atoms with Crippen LogP contribution >= 0.6 is 0 Å². The SMILES string of the molecule is C[C@@H](OC[C@H](O)CNC(C)(C)Cc1ccc2ccccc2c1)c1ccccc1C=CC(=O)O. The fourth-order valence-electron chi connectivity index (χ4n) is 3.91. The maximum atomic E-state index is 10.8. The predicted molar refractivity (Wildman–Crippen MR) is 133 cm³/mol. The molecule has 174 valence electrons. The number of carbonyl (C=O) groups is 1. The molecule has 5 heteroatoms. The molecule has 0 aliphatic carbocycles. The van der Waals surface area contributed by atoms with E-state index in [2.05, 4.69) is 49.5 Å². The smallest absolute Gasteiger partial charge is 0.328 e. The Morgan fingerprint density at radius 2 is 1.76 bits per heavy atom. The Morgan fingerprint density at radius 3 is 2.52 bits per heavy atom. The Labute approximate surface area is 195 Å². The summed E-state index contributed by atoms with van der Waals surface area (Å²) in [4.78, 5) is 10.8. The third-order valence-electron chi connectivity index (χ3n) is 5.65. The maximum absolute atomic E-state index is 10.8. The molecule has 0 saturated carbocycles. The zero-order chi connectivity index (χ0) is 23.8. The number of fused-ring (bicyclic) bond motifs is 1. The number of hydrogen-bond donors (Lipinski definition) is 3. The number of benzene rings is 3. The van der Waals surface area contributed by atoms with Crippen LogP contribution in [0.2, 0.25) is 0 Å². The lowest BCUT2D eigenvalue weighted by Crippen LogP contribution is -2.46. The Morgan fingerprint density at radius 1 is 1.06 bits per heavy atom. The zero-order valence-corrected chi connectivity index (χ0v) is 19.5. The summed E-state index contributed by atoms with van der Waals surface area (Å²) in [6.07, 6.45) is 2.57. The van der Waals surface area contributed by atoms with E-state index in [1.165, 1.54) is 16.3 Å². The minimum absolute atomic E-state index is 0.178. The molecule has 0 aliphatic rings. The summed E-state index contributed by atoms with van der Waals surface area (Å²) in [6.45, 7) is 6.75. The van der Waals surface area contributed by atoms with Crippen LogP contribution in [0.25, 0.3) is 16.8 Å². The molecule has 0 bridgehead atoms. The van der Waals surface area contributed by atoms with Crippen molar-refractivity contribution in [2.75, 3.05) is 13.2 Å². The van der Waals surface area contributed by atoms with E-state index in [0.717, 1.165) is 23.6 Å². The van der Waals surface area contributed by atoms with Crippen molar-refractivity contribution in [3.05, 3.63) is 89.5 Å². The Balaban J connectivity index is 1.51. The highest BCUT2D eigenvalue weighted by molar-refractivity contribution is 5.85. The van der Waals surface area contributed by atoms with Gasteiger partial charge in [0, 0.05) is 18.2 Å². The normalized spacial score (nSPS) is 13.9. The molecule has 0 radical (unpaired) electrons. The highest BCUT2D eigenvalue weighted by atomic mass is 16.5. The summed E-state index contributed by atoms with van der Waals surface area (Å²) in [5.41, 5.74) is 2.73. The van der Waals surface area contributed by atoms with Crippen molar-refractivity contribution in [1.29, 1.82) is 0 Å². The monoisotopic (exact) mass is 447 g/mol. The minimum atomic E-state index is -0.994. The average Bonchev–Trinajstić information content (AvgIpc) is 2.79. The third-order valence-corrected chi connectivity index (χ3v) is 5.65. The quantitative estimate of drug-likeness (QED) is 0.361. The molecule has 0 heterocycles. The van der Waals surface area contributed by atoms with E-state index >= 15 is 0 Å². The molecule has 5 nitrogen and oxygen atoms in total. The van der Waals surface area contributed by atoms with Crippen LogP contribution in [-0.4, -0.2) is 41.0 Å². The lowest BCUT2D eigenvalue weighted by atomic mass is 9.93. The van der Waals surface area contributed by atoms with Gasteiger partial charge >= 0.3 is 5.97 Å². The highest BCUT2D eigenvalue weighted by Crippen LogP contribution is 2.23.